The molecule has 2 N–H and O–H groups in total. The first-order chi connectivity index (χ1) is 8.06. The van der Waals surface area contributed by atoms with Gasteiger partial charge in [-0.15, -0.1) is 0 Å². The highest BCUT2D eigenvalue weighted by Crippen LogP contribution is 2.13. The number of ether oxygens (including phenoxy) is 1. The summed E-state index contributed by atoms with van der Waals surface area (Å²) in [6.07, 6.45) is 1.27. The predicted octanol–water partition coefficient (Wildman–Crippen LogP) is 0.0846. The van der Waals surface area contributed by atoms with Gasteiger partial charge in [-0.1, -0.05) is 0 Å². The minimum absolute atomic E-state index is 0.0233. The van der Waals surface area contributed by atoms with Gasteiger partial charge in [-0.05, 0) is 19.1 Å². The Morgan fingerprint density at radius 1 is 1.53 bits per heavy atom. The number of hydrogen-bond donors (Lipinski definition) is 2. The third-order valence-corrected chi connectivity index (χ3v) is 1.81. The number of furan rings is 1. The lowest BCUT2D eigenvalue weighted by atomic mass is 10.2. The van der Waals surface area contributed by atoms with Gasteiger partial charge in [0.05, 0.1) is 12.9 Å². The van der Waals surface area contributed by atoms with Crippen LogP contribution in [0.2, 0.25) is 0 Å². The molecular weight excluding hydrogens is 230 g/mol. The van der Waals surface area contributed by atoms with Gasteiger partial charge in [-0.25, -0.2) is 9.59 Å². The van der Waals surface area contributed by atoms with Crippen LogP contribution in [-0.4, -0.2) is 29.6 Å². The maximum Gasteiger partial charge on any atom is 0.396 e. The van der Waals surface area contributed by atoms with Gasteiger partial charge in [0.1, 0.15) is 5.76 Å². The molecule has 92 valence electrons. The molecule has 7 nitrogen and oxygen atoms in total. The number of aliphatic carboxylic acids is 1. The van der Waals surface area contributed by atoms with Crippen molar-refractivity contribution in [1.82, 2.24) is 5.32 Å². The SMILES string of the molecule is CCOC(=O)C(=O)NC(C(=O)O)c1ccco1. The molecule has 0 saturated heterocycles. The molecule has 0 spiro atoms. The van der Waals surface area contributed by atoms with E-state index >= 15 is 0 Å². The van der Waals surface area contributed by atoms with E-state index in [-0.39, 0.29) is 12.4 Å². The zero-order chi connectivity index (χ0) is 12.8. The molecule has 1 heterocycles. The average Bonchev–Trinajstić information content (AvgIpc) is 2.78. The second-order valence-electron chi connectivity index (χ2n) is 2.98. The number of carbonyl (C=O) groups is 3. The molecule has 0 bridgehead atoms. The van der Waals surface area contributed by atoms with E-state index in [0.717, 1.165) is 0 Å². The second kappa shape index (κ2) is 5.69. The first kappa shape index (κ1) is 12.8. The number of carboxylic acids is 1. The standard InChI is InChI=1S/C10H11NO6/c1-2-16-10(15)8(12)11-7(9(13)14)6-4-3-5-17-6/h3-5,7H,2H2,1H3,(H,11,12)(H,13,14). The van der Waals surface area contributed by atoms with E-state index in [1.807, 2.05) is 5.32 Å². The predicted molar refractivity (Wildman–Crippen MR) is 53.9 cm³/mol. The van der Waals surface area contributed by atoms with Crippen LogP contribution in [0.1, 0.15) is 18.7 Å². The third-order valence-electron chi connectivity index (χ3n) is 1.81. The number of esters is 1. The lowest BCUT2D eigenvalue weighted by Crippen LogP contribution is -2.38. The molecule has 0 radical (unpaired) electrons. The molecule has 0 aliphatic carbocycles. The molecule has 1 atom stereocenters. The Balaban J connectivity index is 2.72. The Kier molecular flexibility index (Phi) is 4.27. The fraction of sp³-hybridized carbons (Fsp3) is 0.300. The molecular formula is C10H11NO6. The Hall–Kier alpha value is -2.31. The van der Waals surface area contributed by atoms with E-state index in [0.29, 0.717) is 0 Å². The van der Waals surface area contributed by atoms with E-state index in [1.165, 1.54) is 25.3 Å². The maximum atomic E-state index is 11.3. The van der Waals surface area contributed by atoms with Crippen LogP contribution in [0, 0.1) is 0 Å². The lowest BCUT2D eigenvalue weighted by molar-refractivity contribution is -0.156. The molecule has 1 unspecified atom stereocenters. The molecule has 1 rings (SSSR count). The van der Waals surface area contributed by atoms with E-state index in [2.05, 4.69) is 4.74 Å². The highest BCUT2D eigenvalue weighted by molar-refractivity contribution is 6.32. The Labute approximate surface area is 96.4 Å². The smallest absolute Gasteiger partial charge is 0.396 e. The zero-order valence-corrected chi connectivity index (χ0v) is 9.00. The second-order valence-corrected chi connectivity index (χ2v) is 2.98. The fourth-order valence-electron chi connectivity index (χ4n) is 1.10. The molecule has 0 aromatic carbocycles. The van der Waals surface area contributed by atoms with Crippen LogP contribution in [0.5, 0.6) is 0 Å². The number of rotatable bonds is 4. The molecule has 0 saturated carbocycles. The normalized spacial score (nSPS) is 11.6. The van der Waals surface area contributed by atoms with Crippen LogP contribution >= 0.6 is 0 Å². The summed E-state index contributed by atoms with van der Waals surface area (Å²) in [6.45, 7) is 1.57. The zero-order valence-electron chi connectivity index (χ0n) is 9.00. The van der Waals surface area contributed by atoms with E-state index < -0.39 is 23.9 Å². The quantitative estimate of drug-likeness (QED) is 0.571. The summed E-state index contributed by atoms with van der Waals surface area (Å²) in [5, 5.41) is 10.9. The molecule has 0 aliphatic heterocycles. The van der Waals surface area contributed by atoms with Gasteiger partial charge in [0, 0.05) is 0 Å². The maximum absolute atomic E-state index is 11.3. The number of carbonyl (C=O) groups excluding carboxylic acids is 2. The topological polar surface area (TPSA) is 106 Å². The summed E-state index contributed by atoms with van der Waals surface area (Å²) < 4.78 is 9.28. The van der Waals surface area contributed by atoms with Crippen molar-refractivity contribution in [3.63, 3.8) is 0 Å². The van der Waals surface area contributed by atoms with Crippen molar-refractivity contribution < 1.29 is 28.6 Å². The van der Waals surface area contributed by atoms with Crippen LogP contribution in [0.3, 0.4) is 0 Å². The third kappa shape index (κ3) is 3.33. The molecule has 1 amide bonds. The average molecular weight is 241 g/mol. The van der Waals surface area contributed by atoms with Gasteiger partial charge in [-0.2, -0.15) is 0 Å². The minimum Gasteiger partial charge on any atom is -0.479 e. The van der Waals surface area contributed by atoms with Crippen molar-refractivity contribution in [2.24, 2.45) is 0 Å². The summed E-state index contributed by atoms with van der Waals surface area (Å²) in [4.78, 5) is 33.2. The number of hydrogen-bond acceptors (Lipinski definition) is 5. The molecule has 1 aromatic rings. The summed E-state index contributed by atoms with van der Waals surface area (Å²) in [5.41, 5.74) is 0. The van der Waals surface area contributed by atoms with Gasteiger partial charge in [0.2, 0.25) is 0 Å². The Morgan fingerprint density at radius 2 is 2.24 bits per heavy atom. The van der Waals surface area contributed by atoms with E-state index in [9.17, 15) is 14.4 Å². The molecule has 0 fully saturated rings. The molecule has 7 heteroatoms. The highest BCUT2D eigenvalue weighted by atomic mass is 16.5. The summed E-state index contributed by atoms with van der Waals surface area (Å²) in [7, 11) is 0. The van der Waals surface area contributed by atoms with Gasteiger partial charge < -0.3 is 19.6 Å². The largest absolute Gasteiger partial charge is 0.479 e. The van der Waals surface area contributed by atoms with Gasteiger partial charge in [-0.3, -0.25) is 4.79 Å². The summed E-state index contributed by atoms with van der Waals surface area (Å²) in [6, 6.07) is 1.44. The first-order valence-corrected chi connectivity index (χ1v) is 4.80. The number of carboxylic acid groups (broad SMARTS) is 1. The minimum atomic E-state index is -1.41. The fourth-order valence-corrected chi connectivity index (χ4v) is 1.10. The van der Waals surface area contributed by atoms with Crippen molar-refractivity contribution in [3.8, 4) is 0 Å². The van der Waals surface area contributed by atoms with Crippen LogP contribution in [0.4, 0.5) is 0 Å². The van der Waals surface area contributed by atoms with Crippen molar-refractivity contribution >= 4 is 17.8 Å². The molecule has 1 aromatic heterocycles. The van der Waals surface area contributed by atoms with Crippen molar-refractivity contribution in [1.29, 1.82) is 0 Å². The van der Waals surface area contributed by atoms with E-state index in [4.69, 9.17) is 9.52 Å². The molecule has 17 heavy (non-hydrogen) atoms. The summed E-state index contributed by atoms with van der Waals surface area (Å²) >= 11 is 0. The number of nitrogens with one attached hydrogen (secondary N) is 1. The van der Waals surface area contributed by atoms with Gasteiger partial charge in [0.15, 0.2) is 6.04 Å². The van der Waals surface area contributed by atoms with Crippen LogP contribution in [0.15, 0.2) is 22.8 Å². The van der Waals surface area contributed by atoms with Crippen molar-refractivity contribution in [2.45, 2.75) is 13.0 Å². The van der Waals surface area contributed by atoms with Gasteiger partial charge in [0.25, 0.3) is 0 Å². The van der Waals surface area contributed by atoms with Gasteiger partial charge >= 0.3 is 17.8 Å². The summed E-state index contributed by atoms with van der Waals surface area (Å²) in [5.74, 6) is -3.58. The Morgan fingerprint density at radius 3 is 2.71 bits per heavy atom. The van der Waals surface area contributed by atoms with E-state index in [1.54, 1.807) is 0 Å². The highest BCUT2D eigenvalue weighted by Gasteiger charge is 2.27. The first-order valence-electron chi connectivity index (χ1n) is 4.80. The number of amides is 1. The Bertz CT molecular complexity index is 410. The van der Waals surface area contributed by atoms with Crippen molar-refractivity contribution in [3.05, 3.63) is 24.2 Å². The van der Waals surface area contributed by atoms with Crippen LogP contribution < -0.4 is 5.32 Å². The van der Waals surface area contributed by atoms with Crippen LogP contribution in [0.25, 0.3) is 0 Å². The molecule has 0 aliphatic rings. The monoisotopic (exact) mass is 241 g/mol. The van der Waals surface area contributed by atoms with Crippen molar-refractivity contribution in [2.75, 3.05) is 6.61 Å². The van der Waals surface area contributed by atoms with Crippen LogP contribution in [-0.2, 0) is 19.1 Å². The lowest BCUT2D eigenvalue weighted by Gasteiger charge is -2.11.